The van der Waals surface area contributed by atoms with Crippen molar-refractivity contribution in [3.05, 3.63) is 0 Å². The third-order valence-corrected chi connectivity index (χ3v) is 4.77. The first-order valence-electron chi connectivity index (χ1n) is 5.44. The largest absolute Gasteiger partial charge is 0.444 e. The van der Waals surface area contributed by atoms with Crippen molar-refractivity contribution in [2.24, 2.45) is 0 Å². The first kappa shape index (κ1) is 14.5. The molecule has 0 aromatic carbocycles. The monoisotopic (exact) mass is 265 g/mol. The van der Waals surface area contributed by atoms with Gasteiger partial charge in [0.25, 0.3) is 0 Å². The highest BCUT2D eigenvalue weighted by Gasteiger charge is 2.48. The highest BCUT2D eigenvalue weighted by Crippen LogP contribution is 2.57. The quantitative estimate of drug-likeness (QED) is 0.733. The number of amides is 1. The molecule has 1 fully saturated rings. The number of hydrogen-bond acceptors (Lipinski definition) is 5. The second-order valence-electron chi connectivity index (χ2n) is 4.85. The van der Waals surface area contributed by atoms with Gasteiger partial charge in [0.15, 0.2) is 0 Å². The van der Waals surface area contributed by atoms with Gasteiger partial charge in [-0.2, -0.15) is 0 Å². The minimum absolute atomic E-state index is 0.483. The van der Waals surface area contributed by atoms with Gasteiger partial charge < -0.3 is 13.8 Å². The highest BCUT2D eigenvalue weighted by atomic mass is 31.2. The Kier molecular flexibility index (Phi) is 4.23. The molecule has 1 amide bonds. The Labute approximate surface area is 102 Å². The summed E-state index contributed by atoms with van der Waals surface area (Å²) < 4.78 is 27.1. The molecule has 1 aliphatic rings. The van der Waals surface area contributed by atoms with Gasteiger partial charge in [0.05, 0.1) is 0 Å². The summed E-state index contributed by atoms with van der Waals surface area (Å²) >= 11 is 0. The minimum Gasteiger partial charge on any atom is -0.444 e. The summed E-state index contributed by atoms with van der Waals surface area (Å²) in [5, 5.41) is 0. The predicted octanol–water partition coefficient (Wildman–Crippen LogP) is 2.44. The van der Waals surface area contributed by atoms with Gasteiger partial charge >= 0.3 is 13.7 Å². The van der Waals surface area contributed by atoms with Crippen molar-refractivity contribution in [2.75, 3.05) is 20.8 Å². The minimum atomic E-state index is -3.24. The Hall–Kier alpha value is -0.580. The lowest BCUT2D eigenvalue weighted by Crippen LogP contribution is -2.52. The molecular formula is C10H20NO5P. The van der Waals surface area contributed by atoms with Gasteiger partial charge in [-0.05, 0) is 27.2 Å². The fourth-order valence-corrected chi connectivity index (χ4v) is 3.17. The molecule has 100 valence electrons. The van der Waals surface area contributed by atoms with Crippen LogP contribution in [-0.4, -0.2) is 43.1 Å². The van der Waals surface area contributed by atoms with Crippen LogP contribution in [-0.2, 0) is 18.3 Å². The number of hydrogen-bond donors (Lipinski definition) is 0. The zero-order valence-corrected chi connectivity index (χ0v) is 11.8. The normalized spacial score (nSPS) is 21.0. The molecule has 6 nitrogen and oxygen atoms in total. The molecule has 17 heavy (non-hydrogen) atoms. The number of nitrogens with zero attached hydrogens (tertiary/aromatic N) is 1. The molecule has 1 rings (SSSR count). The van der Waals surface area contributed by atoms with Gasteiger partial charge in [-0.1, -0.05) is 0 Å². The average Bonchev–Trinajstić information content (AvgIpc) is 2.12. The van der Waals surface area contributed by atoms with E-state index in [1.807, 2.05) is 0 Å². The van der Waals surface area contributed by atoms with Gasteiger partial charge in [-0.15, -0.1) is 0 Å². The van der Waals surface area contributed by atoms with Crippen LogP contribution in [0.25, 0.3) is 0 Å². The van der Waals surface area contributed by atoms with Crippen LogP contribution in [0.2, 0.25) is 0 Å². The van der Waals surface area contributed by atoms with Crippen molar-refractivity contribution in [1.29, 1.82) is 0 Å². The van der Waals surface area contributed by atoms with E-state index in [4.69, 9.17) is 13.8 Å². The van der Waals surface area contributed by atoms with Crippen LogP contribution in [0.1, 0.15) is 27.2 Å². The van der Waals surface area contributed by atoms with E-state index in [1.165, 1.54) is 19.1 Å². The number of carbonyl (C=O) groups is 1. The summed E-state index contributed by atoms with van der Waals surface area (Å²) in [5.41, 5.74) is -0.568. The second-order valence-corrected chi connectivity index (χ2v) is 7.25. The number of likely N-dealkylation sites (tertiary alicyclic amines) is 1. The topological polar surface area (TPSA) is 65.1 Å². The average molecular weight is 265 g/mol. The maximum atomic E-state index is 12.1. The van der Waals surface area contributed by atoms with Crippen LogP contribution < -0.4 is 0 Å². The fourth-order valence-electron chi connectivity index (χ4n) is 1.55. The molecule has 0 radical (unpaired) electrons. The van der Waals surface area contributed by atoms with Crippen LogP contribution in [0.15, 0.2) is 0 Å². The van der Waals surface area contributed by atoms with Crippen molar-refractivity contribution < 1.29 is 23.1 Å². The molecule has 1 saturated heterocycles. The summed E-state index contributed by atoms with van der Waals surface area (Å²) in [6.07, 6.45) is 0.112. The number of rotatable bonds is 3. The van der Waals surface area contributed by atoms with Gasteiger partial charge in [-0.25, -0.2) is 4.79 Å². The van der Waals surface area contributed by atoms with Crippen LogP contribution in [0.3, 0.4) is 0 Å². The van der Waals surface area contributed by atoms with E-state index in [9.17, 15) is 9.36 Å². The van der Waals surface area contributed by atoms with Gasteiger partial charge in [0.1, 0.15) is 11.4 Å². The van der Waals surface area contributed by atoms with Crippen molar-refractivity contribution in [3.63, 3.8) is 0 Å². The molecule has 0 aromatic rings. The molecule has 1 atom stereocenters. The summed E-state index contributed by atoms with van der Waals surface area (Å²) in [5.74, 6) is -0.535. The second kappa shape index (κ2) is 4.96. The van der Waals surface area contributed by atoms with E-state index in [0.717, 1.165) is 0 Å². The standard InChI is InChI=1S/C10H20NO5P/c1-10(2,3)16-9(12)11-7-6-8(11)17(13,14-4)15-5/h8H,6-7H2,1-5H3. The van der Waals surface area contributed by atoms with Crippen molar-refractivity contribution in [1.82, 2.24) is 4.90 Å². The molecule has 0 aliphatic carbocycles. The lowest BCUT2D eigenvalue weighted by atomic mass is 10.2. The smallest absolute Gasteiger partial charge is 0.411 e. The summed E-state index contributed by atoms with van der Waals surface area (Å²) in [7, 11) is -0.605. The first-order valence-corrected chi connectivity index (χ1v) is 7.05. The predicted molar refractivity (Wildman–Crippen MR) is 63.0 cm³/mol. The zero-order chi connectivity index (χ0) is 13.3. The molecule has 0 N–H and O–H groups in total. The fraction of sp³-hybridized carbons (Fsp3) is 0.900. The molecule has 1 unspecified atom stereocenters. The molecule has 0 saturated carbocycles. The zero-order valence-electron chi connectivity index (χ0n) is 10.9. The van der Waals surface area contributed by atoms with Crippen LogP contribution in [0.5, 0.6) is 0 Å². The van der Waals surface area contributed by atoms with E-state index < -0.39 is 25.1 Å². The molecule has 1 heterocycles. The number of carbonyl (C=O) groups excluding carboxylic acids is 1. The van der Waals surface area contributed by atoms with Gasteiger partial charge in [0, 0.05) is 20.8 Å². The Balaban J connectivity index is 2.69. The third kappa shape index (κ3) is 3.21. The number of ether oxygens (including phenoxy) is 1. The molecule has 7 heteroatoms. The van der Waals surface area contributed by atoms with Crippen molar-refractivity contribution in [3.8, 4) is 0 Å². The molecular weight excluding hydrogens is 245 g/mol. The van der Waals surface area contributed by atoms with E-state index in [1.54, 1.807) is 20.8 Å². The van der Waals surface area contributed by atoms with Crippen LogP contribution in [0.4, 0.5) is 4.79 Å². The first-order chi connectivity index (χ1) is 7.73. The Morgan fingerprint density at radius 2 is 1.82 bits per heavy atom. The summed E-state index contributed by atoms with van der Waals surface area (Å²) in [6.45, 7) is 5.86. The van der Waals surface area contributed by atoms with Crippen LogP contribution in [0, 0.1) is 0 Å². The van der Waals surface area contributed by atoms with E-state index >= 15 is 0 Å². The Morgan fingerprint density at radius 1 is 1.29 bits per heavy atom. The third-order valence-electron chi connectivity index (χ3n) is 2.49. The lowest BCUT2D eigenvalue weighted by molar-refractivity contribution is 0.00271. The maximum Gasteiger partial charge on any atom is 0.411 e. The van der Waals surface area contributed by atoms with E-state index in [0.29, 0.717) is 13.0 Å². The Bertz CT molecular complexity index is 330. The van der Waals surface area contributed by atoms with Crippen molar-refractivity contribution >= 4 is 13.7 Å². The van der Waals surface area contributed by atoms with Gasteiger partial charge in [-0.3, -0.25) is 9.46 Å². The summed E-state index contributed by atoms with van der Waals surface area (Å²) in [4.78, 5) is 13.2. The molecule has 0 bridgehead atoms. The molecule has 0 spiro atoms. The SMILES string of the molecule is COP(=O)(OC)C1CCN1C(=O)OC(C)(C)C. The van der Waals surface area contributed by atoms with E-state index in [2.05, 4.69) is 0 Å². The van der Waals surface area contributed by atoms with Crippen molar-refractivity contribution in [2.45, 2.75) is 38.6 Å². The van der Waals surface area contributed by atoms with Crippen LogP contribution >= 0.6 is 7.60 Å². The maximum absolute atomic E-state index is 12.1. The van der Waals surface area contributed by atoms with E-state index in [-0.39, 0.29) is 0 Å². The molecule has 0 aromatic heterocycles. The molecule has 1 aliphatic heterocycles. The Morgan fingerprint density at radius 3 is 2.12 bits per heavy atom. The van der Waals surface area contributed by atoms with Gasteiger partial charge in [0.2, 0.25) is 0 Å². The highest BCUT2D eigenvalue weighted by molar-refractivity contribution is 7.54. The summed E-state index contributed by atoms with van der Waals surface area (Å²) in [6, 6.07) is 0. The lowest BCUT2D eigenvalue weighted by Gasteiger charge is -2.42.